The first-order valence-electron chi connectivity index (χ1n) is 27.5. The quantitative estimate of drug-likeness (QED) is 0.106. The van der Waals surface area contributed by atoms with Crippen molar-refractivity contribution < 1.29 is 0 Å². The number of hydrogen-bond acceptors (Lipinski definition) is 12. The molecule has 8 aromatic heterocycles. The van der Waals surface area contributed by atoms with Crippen molar-refractivity contribution in [1.29, 1.82) is 0 Å². The summed E-state index contributed by atoms with van der Waals surface area (Å²) >= 11 is 0. The fourth-order valence-corrected chi connectivity index (χ4v) is 11.9. The zero-order chi connectivity index (χ0) is 56.3. The molecule has 16 nitrogen and oxygen atoms in total. The maximum atomic E-state index is 5.14. The fourth-order valence-electron chi connectivity index (χ4n) is 11.9. The highest BCUT2D eigenvalue weighted by atomic mass is 15.2. The number of hydrogen-bond donors (Lipinski definition) is 0. The molecule has 0 amide bonds. The molecule has 0 fully saturated rings. The third kappa shape index (κ3) is 8.14. The highest BCUT2D eigenvalue weighted by molar-refractivity contribution is 5.84. The number of rotatable bonds is 12. The van der Waals surface area contributed by atoms with Crippen LogP contribution < -0.4 is 0 Å². The summed E-state index contributed by atoms with van der Waals surface area (Å²) in [6.07, 6.45) is 13.4. The molecule has 0 aliphatic carbocycles. The average molecular weight is 1100 g/mol. The lowest BCUT2D eigenvalue weighted by atomic mass is 9.64. The number of nitrogens with zero attached hydrogens (tertiary/aromatic N) is 16. The van der Waals surface area contributed by atoms with E-state index in [9.17, 15) is 0 Å². The Kier molecular flexibility index (Phi) is 11.6. The molecule has 16 rings (SSSR count). The highest BCUT2D eigenvalue weighted by Crippen LogP contribution is 2.48. The van der Waals surface area contributed by atoms with Crippen LogP contribution in [0.4, 0.5) is 0 Å². The molecule has 400 valence electrons. The van der Waals surface area contributed by atoms with Crippen LogP contribution in [0, 0.1) is 0 Å². The van der Waals surface area contributed by atoms with Gasteiger partial charge in [-0.2, -0.15) is 0 Å². The lowest BCUT2D eigenvalue weighted by Gasteiger charge is -2.37. The van der Waals surface area contributed by atoms with Gasteiger partial charge in [0.15, 0.2) is 22.6 Å². The number of benzene rings is 8. The molecule has 16 aromatic rings. The van der Waals surface area contributed by atoms with Gasteiger partial charge in [0.25, 0.3) is 0 Å². The lowest BCUT2D eigenvalue weighted by molar-refractivity contribution is 0.745. The van der Waals surface area contributed by atoms with E-state index >= 15 is 0 Å². The van der Waals surface area contributed by atoms with Crippen molar-refractivity contribution in [2.75, 3.05) is 0 Å². The van der Waals surface area contributed by atoms with E-state index < -0.39 is 5.41 Å². The third-order valence-corrected chi connectivity index (χ3v) is 15.7. The van der Waals surface area contributed by atoms with Crippen LogP contribution in [0.3, 0.4) is 0 Å². The minimum Gasteiger partial charge on any atom is -0.289 e. The van der Waals surface area contributed by atoms with E-state index in [0.717, 1.165) is 113 Å². The number of para-hydroxylation sites is 4. The Morgan fingerprint density at radius 2 is 0.447 bits per heavy atom. The van der Waals surface area contributed by atoms with E-state index in [1.807, 2.05) is 97.6 Å². The average Bonchev–Trinajstić information content (AvgIpc) is 1.98. The Balaban J connectivity index is 0.930. The molecule has 8 aromatic carbocycles. The lowest BCUT2D eigenvalue weighted by Crippen LogP contribution is -2.31. The van der Waals surface area contributed by atoms with Crippen LogP contribution in [0.1, 0.15) is 22.3 Å². The monoisotopic (exact) mass is 1100 g/mol. The first kappa shape index (κ1) is 48.8. The summed E-state index contributed by atoms with van der Waals surface area (Å²) in [7, 11) is 0. The Bertz CT molecular complexity index is 4430. The van der Waals surface area contributed by atoms with Crippen LogP contribution in [0.2, 0.25) is 0 Å². The predicted molar refractivity (Wildman–Crippen MR) is 327 cm³/mol. The van der Waals surface area contributed by atoms with Gasteiger partial charge in [-0.1, -0.05) is 170 Å². The van der Waals surface area contributed by atoms with Crippen molar-refractivity contribution in [2.24, 2.45) is 0 Å². The fraction of sp³-hybridized carbons (Fsp3) is 0.0145. The van der Waals surface area contributed by atoms with Crippen LogP contribution >= 0.6 is 0 Å². The third-order valence-electron chi connectivity index (χ3n) is 15.7. The minimum atomic E-state index is -0.986. The van der Waals surface area contributed by atoms with E-state index in [4.69, 9.17) is 19.9 Å². The van der Waals surface area contributed by atoms with Gasteiger partial charge in [0.1, 0.15) is 70.7 Å². The van der Waals surface area contributed by atoms with Crippen molar-refractivity contribution >= 4 is 44.7 Å². The Morgan fingerprint density at radius 1 is 0.235 bits per heavy atom. The van der Waals surface area contributed by atoms with E-state index in [0.29, 0.717) is 22.6 Å². The summed E-state index contributed by atoms with van der Waals surface area (Å²) in [5.41, 5.74) is 16.0. The number of imidazole rings is 4. The van der Waals surface area contributed by atoms with Gasteiger partial charge in [0.05, 0.1) is 30.2 Å². The molecule has 0 saturated carbocycles. The largest absolute Gasteiger partial charge is 0.289 e. The van der Waals surface area contributed by atoms with Crippen molar-refractivity contribution in [3.8, 4) is 68.3 Å². The van der Waals surface area contributed by atoms with Crippen molar-refractivity contribution in [1.82, 2.24) is 78.1 Å². The van der Waals surface area contributed by atoms with Gasteiger partial charge >= 0.3 is 0 Å². The summed E-state index contributed by atoms with van der Waals surface area (Å²) in [6, 6.07) is 75.8. The second-order valence-corrected chi connectivity index (χ2v) is 20.4. The van der Waals surface area contributed by atoms with E-state index in [2.05, 4.69) is 204 Å². The Morgan fingerprint density at radius 3 is 0.659 bits per heavy atom. The molecule has 0 saturated heterocycles. The normalized spacial score (nSPS) is 11.8. The summed E-state index contributed by atoms with van der Waals surface area (Å²) in [6.45, 7) is 0. The summed E-state index contributed by atoms with van der Waals surface area (Å²) in [4.78, 5) is 56.6. The van der Waals surface area contributed by atoms with Crippen LogP contribution in [-0.4, -0.2) is 78.1 Å². The predicted octanol–water partition coefficient (Wildman–Crippen LogP) is 13.3. The minimum absolute atomic E-state index is 0.598. The molecule has 0 N–H and O–H groups in total. The van der Waals surface area contributed by atoms with E-state index in [1.54, 1.807) is 0 Å². The smallest absolute Gasteiger partial charge is 0.181 e. The number of aromatic nitrogens is 16. The molecule has 0 unspecified atom stereocenters. The second-order valence-electron chi connectivity index (χ2n) is 20.4. The first-order valence-corrected chi connectivity index (χ1v) is 27.5. The molecular formula is C69H44N16. The Labute approximate surface area is 484 Å². The van der Waals surface area contributed by atoms with Gasteiger partial charge in [-0.25, -0.2) is 59.8 Å². The maximum Gasteiger partial charge on any atom is 0.181 e. The van der Waals surface area contributed by atoms with Crippen molar-refractivity contribution in [2.45, 2.75) is 5.41 Å². The summed E-state index contributed by atoms with van der Waals surface area (Å²) in [5.74, 6) is 2.94. The van der Waals surface area contributed by atoms with Crippen LogP contribution in [0.5, 0.6) is 0 Å². The maximum absolute atomic E-state index is 5.14. The van der Waals surface area contributed by atoms with Crippen LogP contribution in [0.15, 0.2) is 268 Å². The molecule has 0 bridgehead atoms. The van der Waals surface area contributed by atoms with Gasteiger partial charge in [0.2, 0.25) is 0 Å². The topological polar surface area (TPSA) is 174 Å². The highest BCUT2D eigenvalue weighted by Gasteiger charge is 2.39. The molecule has 0 radical (unpaired) electrons. The summed E-state index contributed by atoms with van der Waals surface area (Å²) < 4.78 is 8.46. The zero-order valence-electron chi connectivity index (χ0n) is 45.1. The van der Waals surface area contributed by atoms with Gasteiger partial charge in [-0.05, 0) is 70.8 Å². The number of fused-ring (bicyclic) bond motifs is 4. The van der Waals surface area contributed by atoms with Gasteiger partial charge in [-0.15, -0.1) is 0 Å². The van der Waals surface area contributed by atoms with Crippen molar-refractivity contribution in [3.05, 3.63) is 291 Å². The van der Waals surface area contributed by atoms with E-state index in [-0.39, 0.29) is 0 Å². The van der Waals surface area contributed by atoms with Crippen molar-refractivity contribution in [3.63, 3.8) is 0 Å². The summed E-state index contributed by atoms with van der Waals surface area (Å²) in [5, 5.41) is 0. The second kappa shape index (κ2) is 20.2. The van der Waals surface area contributed by atoms with Crippen LogP contribution in [-0.2, 0) is 5.41 Å². The molecular weight excluding hydrogens is 1050 g/mol. The molecule has 0 atom stereocenters. The van der Waals surface area contributed by atoms with Gasteiger partial charge in [0, 0.05) is 45.0 Å². The molecule has 16 heteroatoms. The SMILES string of the molecule is c1ccc(-n2c(-c3ccc(C(c4ccc(-c5nc6ncncc6n5-c5ccccc5)cc4)(c4ccc(-c5nc6ncncc6n5-c5ccccc5)cc4)c4ccc(-c5nc6ncncc6n5-c5ccccc5)cc4)cc3)nc3ncncc32)cc1. The molecule has 8 heterocycles. The molecule has 0 aliphatic rings. The molecule has 0 aliphatic heterocycles. The van der Waals surface area contributed by atoms with E-state index in [1.165, 1.54) is 25.3 Å². The Hall–Kier alpha value is -12.0. The van der Waals surface area contributed by atoms with Gasteiger partial charge in [-0.3, -0.25) is 18.3 Å². The zero-order valence-corrected chi connectivity index (χ0v) is 45.1. The molecule has 0 spiro atoms. The standard InChI is InChI=1S/C69H44N16/c1-5-13-53(14-6-1)82-57-37-70-41-74-61(57)78-65(82)45-21-29-49(30-22-45)69(50-31-23-46(24-32-50)66-79-62-58(38-71-42-75-62)83(66)54-15-7-2-8-16-54,51-33-25-47(26-34-51)67-80-63-59(39-72-43-76-63)84(67)55-17-9-3-10-18-55)52-35-27-48(28-36-52)68-81-64-60(40-73-44-77-64)85(68)56-19-11-4-12-20-56/h1-44H. The first-order chi connectivity index (χ1) is 42.2. The van der Waals surface area contributed by atoms with Gasteiger partial charge < -0.3 is 0 Å². The van der Waals surface area contributed by atoms with Crippen LogP contribution in [0.25, 0.3) is 113 Å². The molecule has 85 heavy (non-hydrogen) atoms.